The molecule has 0 saturated heterocycles. The molecule has 2 fully saturated rings. The SMILES string of the molecule is Cc1cncc(CNC2CC3CCC2C3)c1. The predicted octanol–water partition coefficient (Wildman–Crippen LogP) is 2.67. The third kappa shape index (κ3) is 1.99. The molecule has 3 rings (SSSR count). The minimum absolute atomic E-state index is 0.777. The fourth-order valence-electron chi connectivity index (χ4n) is 3.46. The molecule has 0 spiro atoms. The molecule has 2 heteroatoms. The monoisotopic (exact) mass is 216 g/mol. The van der Waals surface area contributed by atoms with Crippen molar-refractivity contribution in [2.45, 2.75) is 45.2 Å². The van der Waals surface area contributed by atoms with Crippen LogP contribution in [-0.4, -0.2) is 11.0 Å². The summed E-state index contributed by atoms with van der Waals surface area (Å²) in [7, 11) is 0. The number of hydrogen-bond acceptors (Lipinski definition) is 2. The normalized spacial score (nSPS) is 32.2. The third-order valence-electron chi connectivity index (χ3n) is 4.24. The number of pyridine rings is 1. The summed E-state index contributed by atoms with van der Waals surface area (Å²) in [5.74, 6) is 1.99. The Kier molecular flexibility index (Phi) is 2.68. The van der Waals surface area contributed by atoms with Crippen molar-refractivity contribution in [3.05, 3.63) is 29.6 Å². The van der Waals surface area contributed by atoms with Crippen LogP contribution in [0.2, 0.25) is 0 Å². The molecule has 1 heterocycles. The predicted molar refractivity (Wildman–Crippen MR) is 65.0 cm³/mol. The molecule has 2 saturated carbocycles. The zero-order chi connectivity index (χ0) is 11.0. The van der Waals surface area contributed by atoms with Crippen molar-refractivity contribution in [1.82, 2.24) is 10.3 Å². The number of aromatic nitrogens is 1. The van der Waals surface area contributed by atoms with E-state index in [2.05, 4.69) is 23.3 Å². The first-order valence-corrected chi connectivity index (χ1v) is 6.45. The Hall–Kier alpha value is -0.890. The molecule has 2 aliphatic carbocycles. The zero-order valence-corrected chi connectivity index (χ0v) is 9.95. The van der Waals surface area contributed by atoms with Crippen molar-refractivity contribution >= 4 is 0 Å². The third-order valence-corrected chi connectivity index (χ3v) is 4.24. The molecule has 3 unspecified atom stereocenters. The molecule has 0 radical (unpaired) electrons. The highest BCUT2D eigenvalue weighted by Gasteiger charge is 2.38. The van der Waals surface area contributed by atoms with Gasteiger partial charge in [0.25, 0.3) is 0 Å². The van der Waals surface area contributed by atoms with E-state index in [1.54, 1.807) is 0 Å². The molecule has 16 heavy (non-hydrogen) atoms. The summed E-state index contributed by atoms with van der Waals surface area (Å²) < 4.78 is 0. The number of fused-ring (bicyclic) bond motifs is 2. The molecule has 1 aromatic rings. The Bertz CT molecular complexity index is 375. The van der Waals surface area contributed by atoms with Crippen LogP contribution >= 0.6 is 0 Å². The quantitative estimate of drug-likeness (QED) is 0.840. The van der Waals surface area contributed by atoms with Crippen LogP contribution in [0.4, 0.5) is 0 Å². The van der Waals surface area contributed by atoms with Gasteiger partial charge >= 0.3 is 0 Å². The van der Waals surface area contributed by atoms with Gasteiger partial charge in [-0.1, -0.05) is 12.5 Å². The van der Waals surface area contributed by atoms with Crippen molar-refractivity contribution in [2.75, 3.05) is 0 Å². The summed E-state index contributed by atoms with van der Waals surface area (Å²) in [5.41, 5.74) is 2.58. The second-order valence-corrected chi connectivity index (χ2v) is 5.53. The number of nitrogens with zero attached hydrogens (tertiary/aromatic N) is 1. The van der Waals surface area contributed by atoms with E-state index in [1.807, 2.05) is 12.4 Å². The van der Waals surface area contributed by atoms with Crippen LogP contribution in [0.1, 0.15) is 36.8 Å². The summed E-state index contributed by atoms with van der Waals surface area (Å²) in [6, 6.07) is 3.01. The van der Waals surface area contributed by atoms with Crippen LogP contribution in [0.5, 0.6) is 0 Å². The highest BCUT2D eigenvalue weighted by atomic mass is 14.9. The van der Waals surface area contributed by atoms with E-state index in [0.717, 1.165) is 24.4 Å². The molecule has 1 N–H and O–H groups in total. The first-order valence-electron chi connectivity index (χ1n) is 6.45. The molecular weight excluding hydrogens is 196 g/mol. The van der Waals surface area contributed by atoms with Gasteiger partial charge in [0, 0.05) is 25.0 Å². The lowest BCUT2D eigenvalue weighted by Gasteiger charge is -2.22. The van der Waals surface area contributed by atoms with Gasteiger partial charge in [-0.05, 0) is 49.1 Å². The Balaban J connectivity index is 1.57. The number of rotatable bonds is 3. The minimum atomic E-state index is 0.777. The van der Waals surface area contributed by atoms with E-state index < -0.39 is 0 Å². The van der Waals surface area contributed by atoms with E-state index >= 15 is 0 Å². The average Bonchev–Trinajstić information content (AvgIpc) is 2.88. The van der Waals surface area contributed by atoms with Crippen LogP contribution in [-0.2, 0) is 6.54 Å². The van der Waals surface area contributed by atoms with E-state index in [4.69, 9.17) is 0 Å². The largest absolute Gasteiger partial charge is 0.310 e. The van der Waals surface area contributed by atoms with Crippen LogP contribution < -0.4 is 5.32 Å². The summed E-state index contributed by atoms with van der Waals surface area (Å²) in [6.07, 6.45) is 9.71. The Morgan fingerprint density at radius 3 is 2.94 bits per heavy atom. The highest BCUT2D eigenvalue weighted by Crippen LogP contribution is 2.44. The van der Waals surface area contributed by atoms with Gasteiger partial charge in [-0.3, -0.25) is 4.98 Å². The van der Waals surface area contributed by atoms with Crippen molar-refractivity contribution in [2.24, 2.45) is 11.8 Å². The van der Waals surface area contributed by atoms with Gasteiger partial charge in [0.15, 0.2) is 0 Å². The van der Waals surface area contributed by atoms with Crippen molar-refractivity contribution in [3.8, 4) is 0 Å². The standard InChI is InChI=1S/C14H20N2/c1-10-4-12(8-15-7-10)9-16-14-6-11-2-3-13(14)5-11/h4,7-8,11,13-14,16H,2-3,5-6,9H2,1H3. The molecule has 2 aliphatic rings. The van der Waals surface area contributed by atoms with Crippen LogP contribution in [0.3, 0.4) is 0 Å². The second kappa shape index (κ2) is 4.17. The van der Waals surface area contributed by atoms with Gasteiger partial charge in [0.1, 0.15) is 0 Å². The van der Waals surface area contributed by atoms with E-state index in [9.17, 15) is 0 Å². The molecule has 0 aliphatic heterocycles. The maximum absolute atomic E-state index is 4.24. The lowest BCUT2D eigenvalue weighted by atomic mass is 9.95. The Morgan fingerprint density at radius 2 is 2.25 bits per heavy atom. The van der Waals surface area contributed by atoms with Crippen molar-refractivity contribution in [1.29, 1.82) is 0 Å². The Labute approximate surface area is 97.5 Å². The lowest BCUT2D eigenvalue weighted by molar-refractivity contribution is 0.350. The summed E-state index contributed by atoms with van der Waals surface area (Å²) in [6.45, 7) is 3.09. The van der Waals surface area contributed by atoms with Crippen LogP contribution in [0, 0.1) is 18.8 Å². The van der Waals surface area contributed by atoms with Crippen molar-refractivity contribution < 1.29 is 0 Å². The summed E-state index contributed by atoms with van der Waals surface area (Å²) in [4.78, 5) is 4.24. The van der Waals surface area contributed by atoms with Crippen molar-refractivity contribution in [3.63, 3.8) is 0 Å². The number of nitrogens with one attached hydrogen (secondary N) is 1. The Morgan fingerprint density at radius 1 is 1.31 bits per heavy atom. The average molecular weight is 216 g/mol. The molecule has 3 atom stereocenters. The minimum Gasteiger partial charge on any atom is -0.310 e. The van der Waals surface area contributed by atoms with Gasteiger partial charge in [0.2, 0.25) is 0 Å². The van der Waals surface area contributed by atoms with Gasteiger partial charge in [-0.15, -0.1) is 0 Å². The highest BCUT2D eigenvalue weighted by molar-refractivity contribution is 5.16. The summed E-state index contributed by atoms with van der Waals surface area (Å²) in [5, 5.41) is 3.72. The van der Waals surface area contributed by atoms with Gasteiger partial charge in [0.05, 0.1) is 0 Å². The first kappa shape index (κ1) is 10.3. The summed E-state index contributed by atoms with van der Waals surface area (Å²) >= 11 is 0. The van der Waals surface area contributed by atoms with E-state index in [0.29, 0.717) is 0 Å². The molecule has 0 aromatic carbocycles. The molecule has 2 nitrogen and oxygen atoms in total. The molecular formula is C14H20N2. The van der Waals surface area contributed by atoms with Gasteiger partial charge < -0.3 is 5.32 Å². The van der Waals surface area contributed by atoms with Crippen LogP contribution in [0.15, 0.2) is 18.5 Å². The van der Waals surface area contributed by atoms with Crippen LogP contribution in [0.25, 0.3) is 0 Å². The molecule has 0 amide bonds. The molecule has 2 bridgehead atoms. The van der Waals surface area contributed by atoms with E-state index in [1.165, 1.54) is 36.8 Å². The van der Waals surface area contributed by atoms with Gasteiger partial charge in [-0.25, -0.2) is 0 Å². The molecule has 86 valence electrons. The molecule has 1 aromatic heterocycles. The topological polar surface area (TPSA) is 24.9 Å². The number of hydrogen-bond donors (Lipinski definition) is 1. The van der Waals surface area contributed by atoms with Gasteiger partial charge in [-0.2, -0.15) is 0 Å². The maximum atomic E-state index is 4.24. The zero-order valence-electron chi connectivity index (χ0n) is 9.95. The second-order valence-electron chi connectivity index (χ2n) is 5.53. The fourth-order valence-corrected chi connectivity index (χ4v) is 3.46. The van der Waals surface area contributed by atoms with E-state index in [-0.39, 0.29) is 0 Å². The fraction of sp³-hybridized carbons (Fsp3) is 0.643. The lowest BCUT2D eigenvalue weighted by Crippen LogP contribution is -2.33. The number of aryl methyl sites for hydroxylation is 1. The maximum Gasteiger partial charge on any atom is 0.0313 e. The smallest absolute Gasteiger partial charge is 0.0313 e. The first-order chi connectivity index (χ1) is 7.81.